The Morgan fingerprint density at radius 1 is 1.27 bits per heavy atom. The van der Waals surface area contributed by atoms with Crippen LogP contribution in [-0.2, 0) is 9.59 Å². The summed E-state index contributed by atoms with van der Waals surface area (Å²) in [5.41, 5.74) is 0.329. The summed E-state index contributed by atoms with van der Waals surface area (Å²) in [6, 6.07) is 5.54. The van der Waals surface area contributed by atoms with E-state index in [1.165, 1.54) is 6.07 Å². The highest BCUT2D eigenvalue weighted by molar-refractivity contribution is 5.79. The van der Waals surface area contributed by atoms with Crippen LogP contribution in [0.1, 0.15) is 36.2 Å². The Bertz CT molecular complexity index is 866. The number of amides is 1. The van der Waals surface area contributed by atoms with Crippen LogP contribution >= 0.6 is 0 Å². The molecule has 1 unspecified atom stereocenters. The van der Waals surface area contributed by atoms with E-state index in [2.05, 4.69) is 20.8 Å². The summed E-state index contributed by atoms with van der Waals surface area (Å²) in [7, 11) is 0. The normalized spacial score (nSPS) is 15.6. The number of nitrogens with one attached hydrogen (secondary N) is 2. The first-order valence-electron chi connectivity index (χ1n) is 8.95. The first-order valence-corrected chi connectivity index (χ1v) is 8.95. The number of aromatic nitrogens is 2. The van der Waals surface area contributed by atoms with Gasteiger partial charge in [-0.2, -0.15) is 18.2 Å². The van der Waals surface area contributed by atoms with Crippen molar-refractivity contribution in [3.05, 3.63) is 47.4 Å². The molecular weight excluding hydrogens is 412 g/mol. The van der Waals surface area contributed by atoms with E-state index in [1.54, 1.807) is 25.1 Å². The fraction of sp³-hybridized carbons (Fsp3) is 0.444. The lowest BCUT2D eigenvalue weighted by atomic mass is 9.96. The van der Waals surface area contributed by atoms with Gasteiger partial charge in [0.25, 0.3) is 0 Å². The molecule has 3 N–H and O–H groups in total. The second kappa shape index (κ2) is 10.1. The highest BCUT2D eigenvalue weighted by atomic mass is 19.4. The first kappa shape index (κ1) is 23.3. The van der Waals surface area contributed by atoms with Gasteiger partial charge in [0.1, 0.15) is 11.9 Å². The SMILES string of the molecule is Cc1nc(C(NC(=O)C2CCNCC2)c2ccccc2F)no1.O=C(O)C(F)(F)F. The number of alkyl halides is 3. The molecule has 0 spiro atoms. The zero-order valence-electron chi connectivity index (χ0n) is 15.9. The van der Waals surface area contributed by atoms with Crippen molar-refractivity contribution < 1.29 is 36.8 Å². The third kappa shape index (κ3) is 6.51. The van der Waals surface area contributed by atoms with Crippen LogP contribution in [0.4, 0.5) is 17.6 Å². The summed E-state index contributed by atoms with van der Waals surface area (Å²) in [5.74, 6) is -2.73. The molecule has 3 rings (SSSR count). The lowest BCUT2D eigenvalue weighted by Gasteiger charge is -2.24. The first-order chi connectivity index (χ1) is 14.1. The predicted octanol–water partition coefficient (Wildman–Crippen LogP) is 2.36. The molecule has 1 amide bonds. The van der Waals surface area contributed by atoms with Gasteiger partial charge in [-0.3, -0.25) is 4.79 Å². The van der Waals surface area contributed by atoms with Gasteiger partial charge in [-0.15, -0.1) is 0 Å². The van der Waals surface area contributed by atoms with E-state index in [-0.39, 0.29) is 17.6 Å². The van der Waals surface area contributed by atoms with Crippen molar-refractivity contribution in [2.24, 2.45) is 5.92 Å². The van der Waals surface area contributed by atoms with Gasteiger partial charge in [0.2, 0.25) is 11.8 Å². The second-order valence-corrected chi connectivity index (χ2v) is 6.46. The Labute approximate surface area is 168 Å². The van der Waals surface area contributed by atoms with Crippen LogP contribution in [0.25, 0.3) is 0 Å². The molecule has 0 aliphatic carbocycles. The standard InChI is InChI=1S/C16H19FN4O2.C2HF3O2/c1-10-19-15(21-23-10)14(12-4-2-3-5-13(12)17)20-16(22)11-6-8-18-9-7-11;3-2(4,5)1(6)7/h2-5,11,14,18H,6-9H2,1H3,(H,20,22);(H,6,7). The number of nitrogens with zero attached hydrogens (tertiary/aromatic N) is 2. The van der Waals surface area contributed by atoms with Crippen LogP contribution in [0.2, 0.25) is 0 Å². The van der Waals surface area contributed by atoms with Crippen molar-refractivity contribution in [3.63, 3.8) is 0 Å². The van der Waals surface area contributed by atoms with Crippen LogP contribution in [0.15, 0.2) is 28.8 Å². The number of benzene rings is 1. The molecule has 0 saturated carbocycles. The molecule has 0 radical (unpaired) electrons. The van der Waals surface area contributed by atoms with E-state index in [0.717, 1.165) is 25.9 Å². The molecule has 2 aromatic rings. The quantitative estimate of drug-likeness (QED) is 0.635. The fourth-order valence-electron chi connectivity index (χ4n) is 2.77. The number of hydrogen-bond acceptors (Lipinski definition) is 6. The number of piperidine rings is 1. The fourth-order valence-corrected chi connectivity index (χ4v) is 2.77. The van der Waals surface area contributed by atoms with Crippen molar-refractivity contribution in [2.75, 3.05) is 13.1 Å². The lowest BCUT2D eigenvalue weighted by Crippen LogP contribution is -2.40. The molecular formula is C18H20F4N4O4. The molecule has 8 nitrogen and oxygen atoms in total. The van der Waals surface area contributed by atoms with E-state index >= 15 is 0 Å². The number of carboxylic acid groups (broad SMARTS) is 1. The van der Waals surface area contributed by atoms with E-state index < -0.39 is 24.0 Å². The molecule has 1 aliphatic rings. The zero-order chi connectivity index (χ0) is 22.3. The molecule has 1 saturated heterocycles. The number of carbonyl (C=O) groups is 2. The average Bonchev–Trinajstić information content (AvgIpc) is 3.13. The van der Waals surface area contributed by atoms with Crippen LogP contribution in [0.3, 0.4) is 0 Å². The number of carboxylic acids is 1. The third-order valence-electron chi connectivity index (χ3n) is 4.26. The minimum atomic E-state index is -5.08. The van der Waals surface area contributed by atoms with Gasteiger partial charge in [0, 0.05) is 18.4 Å². The van der Waals surface area contributed by atoms with Gasteiger partial charge >= 0.3 is 12.1 Å². The highest BCUT2D eigenvalue weighted by Gasteiger charge is 2.38. The molecule has 1 fully saturated rings. The van der Waals surface area contributed by atoms with Crippen LogP contribution in [0, 0.1) is 18.7 Å². The molecule has 12 heteroatoms. The molecule has 2 heterocycles. The topological polar surface area (TPSA) is 117 Å². The van der Waals surface area contributed by atoms with Gasteiger partial charge in [-0.25, -0.2) is 9.18 Å². The Morgan fingerprint density at radius 2 is 1.87 bits per heavy atom. The molecule has 1 aliphatic heterocycles. The maximum absolute atomic E-state index is 14.2. The van der Waals surface area contributed by atoms with Gasteiger partial charge in [-0.05, 0) is 32.0 Å². The Kier molecular flexibility index (Phi) is 7.86. The number of carbonyl (C=O) groups excluding carboxylic acids is 1. The minimum absolute atomic E-state index is 0.0847. The minimum Gasteiger partial charge on any atom is -0.475 e. The molecule has 1 aromatic carbocycles. The lowest BCUT2D eigenvalue weighted by molar-refractivity contribution is -0.192. The Morgan fingerprint density at radius 3 is 2.37 bits per heavy atom. The Hall–Kier alpha value is -3.02. The summed E-state index contributed by atoms with van der Waals surface area (Å²) in [5, 5.41) is 17.1. The molecule has 30 heavy (non-hydrogen) atoms. The number of hydrogen-bond donors (Lipinski definition) is 3. The average molecular weight is 432 g/mol. The van der Waals surface area contributed by atoms with Crippen LogP contribution in [0.5, 0.6) is 0 Å². The zero-order valence-corrected chi connectivity index (χ0v) is 15.9. The largest absolute Gasteiger partial charge is 0.490 e. The number of aryl methyl sites for hydroxylation is 1. The van der Waals surface area contributed by atoms with Crippen molar-refractivity contribution in [2.45, 2.75) is 32.0 Å². The molecule has 164 valence electrons. The maximum Gasteiger partial charge on any atom is 0.490 e. The van der Waals surface area contributed by atoms with Crippen molar-refractivity contribution in [1.29, 1.82) is 0 Å². The summed E-state index contributed by atoms with van der Waals surface area (Å²) in [4.78, 5) is 25.6. The summed E-state index contributed by atoms with van der Waals surface area (Å²) in [6.07, 6.45) is -3.55. The van der Waals surface area contributed by atoms with Gasteiger partial charge in [0.05, 0.1) is 0 Å². The smallest absolute Gasteiger partial charge is 0.475 e. The third-order valence-corrected chi connectivity index (χ3v) is 4.26. The van der Waals surface area contributed by atoms with Crippen molar-refractivity contribution >= 4 is 11.9 Å². The molecule has 1 atom stereocenters. The van der Waals surface area contributed by atoms with E-state index in [9.17, 15) is 22.4 Å². The van der Waals surface area contributed by atoms with Crippen LogP contribution < -0.4 is 10.6 Å². The van der Waals surface area contributed by atoms with E-state index in [1.807, 2.05) is 0 Å². The summed E-state index contributed by atoms with van der Waals surface area (Å²) < 4.78 is 50.9. The van der Waals surface area contributed by atoms with E-state index in [0.29, 0.717) is 11.5 Å². The Balaban J connectivity index is 0.000000396. The van der Waals surface area contributed by atoms with E-state index in [4.69, 9.17) is 14.4 Å². The highest BCUT2D eigenvalue weighted by Crippen LogP contribution is 2.24. The van der Waals surface area contributed by atoms with Gasteiger partial charge < -0.3 is 20.3 Å². The summed E-state index contributed by atoms with van der Waals surface area (Å²) in [6.45, 7) is 3.27. The monoisotopic (exact) mass is 432 g/mol. The van der Waals surface area contributed by atoms with Crippen molar-refractivity contribution in [1.82, 2.24) is 20.8 Å². The second-order valence-electron chi connectivity index (χ2n) is 6.46. The number of rotatable bonds is 4. The maximum atomic E-state index is 14.2. The van der Waals surface area contributed by atoms with Crippen LogP contribution in [-0.4, -0.2) is 46.4 Å². The number of halogens is 4. The van der Waals surface area contributed by atoms with Gasteiger partial charge in [0.15, 0.2) is 5.82 Å². The van der Waals surface area contributed by atoms with Crippen molar-refractivity contribution in [3.8, 4) is 0 Å². The predicted molar refractivity (Wildman–Crippen MR) is 94.7 cm³/mol. The molecule has 0 bridgehead atoms. The summed E-state index contributed by atoms with van der Waals surface area (Å²) >= 11 is 0. The molecule has 1 aromatic heterocycles. The van der Waals surface area contributed by atoms with Gasteiger partial charge in [-0.1, -0.05) is 23.4 Å². The number of aliphatic carboxylic acids is 1.